The standard InChI is InChI=1S/C26H29N3O2/c1-25(2,3)16-10-12-18-19-13-11-17(26(4,5)6)15-22(19)29(21(18)14-16)28-24(31)20-8-7-9-23(30)27-20/h7-15H,1-6H3,(H,27,30)(H,28,31). The van der Waals surface area contributed by atoms with Gasteiger partial charge < -0.3 is 5.11 Å². The second-order valence-electron chi connectivity index (χ2n) is 10.1. The fraction of sp³-hybridized carbons (Fsp3) is 0.308. The van der Waals surface area contributed by atoms with Gasteiger partial charge in [0.25, 0.3) is 5.91 Å². The Hall–Kier alpha value is -3.34. The Morgan fingerprint density at radius 3 is 1.81 bits per heavy atom. The molecule has 31 heavy (non-hydrogen) atoms. The van der Waals surface area contributed by atoms with Crippen LogP contribution in [0.3, 0.4) is 0 Å². The van der Waals surface area contributed by atoms with Crippen molar-refractivity contribution in [3.05, 3.63) is 71.4 Å². The number of benzene rings is 2. The van der Waals surface area contributed by atoms with Crippen LogP contribution in [0.15, 0.2) is 54.6 Å². The molecule has 0 saturated carbocycles. The largest absolute Gasteiger partial charge is 0.493 e. The maximum absolute atomic E-state index is 13.0. The number of carbonyl (C=O) groups excluding carboxylic acids is 1. The molecule has 0 aliphatic rings. The van der Waals surface area contributed by atoms with Crippen LogP contribution >= 0.6 is 0 Å². The lowest BCUT2D eigenvalue weighted by Crippen LogP contribution is -2.24. The number of hydrogen-bond donors (Lipinski definition) is 2. The van der Waals surface area contributed by atoms with Crippen molar-refractivity contribution in [2.45, 2.75) is 52.4 Å². The Morgan fingerprint density at radius 1 is 0.839 bits per heavy atom. The molecule has 160 valence electrons. The molecule has 2 aromatic carbocycles. The molecule has 0 saturated heterocycles. The lowest BCUT2D eigenvalue weighted by Gasteiger charge is -2.20. The predicted octanol–water partition coefficient (Wildman–Crippen LogP) is 5.87. The second kappa shape index (κ2) is 7.12. The summed E-state index contributed by atoms with van der Waals surface area (Å²) in [5.74, 6) is -0.558. The Labute approximate surface area is 182 Å². The maximum Gasteiger partial charge on any atom is 0.288 e. The van der Waals surface area contributed by atoms with Gasteiger partial charge in [-0.1, -0.05) is 71.9 Å². The molecule has 5 heteroatoms. The molecule has 0 aliphatic carbocycles. The van der Waals surface area contributed by atoms with E-state index in [1.807, 2.05) is 4.68 Å². The summed E-state index contributed by atoms with van der Waals surface area (Å²) in [7, 11) is 0. The smallest absolute Gasteiger partial charge is 0.288 e. The van der Waals surface area contributed by atoms with Crippen LogP contribution in [0.2, 0.25) is 0 Å². The average molecular weight is 416 g/mol. The van der Waals surface area contributed by atoms with Crippen molar-refractivity contribution in [3.63, 3.8) is 0 Å². The van der Waals surface area contributed by atoms with Gasteiger partial charge in [-0.25, -0.2) is 4.98 Å². The van der Waals surface area contributed by atoms with Gasteiger partial charge in [0.2, 0.25) is 5.88 Å². The summed E-state index contributed by atoms with van der Waals surface area (Å²) in [4.78, 5) is 17.0. The van der Waals surface area contributed by atoms with Crippen molar-refractivity contribution in [2.24, 2.45) is 0 Å². The summed E-state index contributed by atoms with van der Waals surface area (Å²) in [5, 5.41) is 11.8. The van der Waals surface area contributed by atoms with Crippen LogP contribution in [0, 0.1) is 0 Å². The Balaban J connectivity index is 1.96. The van der Waals surface area contributed by atoms with Crippen molar-refractivity contribution < 1.29 is 9.90 Å². The molecule has 4 rings (SSSR count). The summed E-state index contributed by atoms with van der Waals surface area (Å²) in [5.41, 5.74) is 7.36. The van der Waals surface area contributed by atoms with Crippen molar-refractivity contribution >= 4 is 27.7 Å². The normalized spacial score (nSPS) is 12.5. The third-order valence-electron chi connectivity index (χ3n) is 5.68. The topological polar surface area (TPSA) is 67.2 Å². The molecule has 0 spiro atoms. The molecule has 0 bridgehead atoms. The molecule has 2 N–H and O–H groups in total. The summed E-state index contributed by atoms with van der Waals surface area (Å²) in [6, 6.07) is 17.5. The number of hydrogen-bond acceptors (Lipinski definition) is 3. The Kier molecular flexibility index (Phi) is 4.80. The van der Waals surface area contributed by atoms with Gasteiger partial charge in [-0.3, -0.25) is 14.9 Å². The van der Waals surface area contributed by atoms with E-state index >= 15 is 0 Å². The first kappa shape index (κ1) is 20.9. The summed E-state index contributed by atoms with van der Waals surface area (Å²) in [6.07, 6.45) is 0. The molecule has 4 aromatic rings. The SMILES string of the molecule is CC(C)(C)c1ccc2c3ccc(C(C)(C)C)cc3n(NC(=O)c3cccc(O)n3)c2c1. The molecule has 0 aliphatic heterocycles. The van der Waals surface area contributed by atoms with Crippen molar-refractivity contribution in [1.82, 2.24) is 9.66 Å². The van der Waals surface area contributed by atoms with Gasteiger partial charge in [0.1, 0.15) is 5.69 Å². The lowest BCUT2D eigenvalue weighted by molar-refractivity contribution is 0.100. The van der Waals surface area contributed by atoms with E-state index in [0.717, 1.165) is 21.8 Å². The number of rotatable bonds is 2. The molecule has 0 unspecified atom stereocenters. The van der Waals surface area contributed by atoms with Gasteiger partial charge in [0.05, 0.1) is 11.0 Å². The van der Waals surface area contributed by atoms with Crippen LogP contribution < -0.4 is 5.43 Å². The van der Waals surface area contributed by atoms with Gasteiger partial charge in [-0.15, -0.1) is 0 Å². The second-order valence-corrected chi connectivity index (χ2v) is 10.1. The molecular formula is C26H29N3O2. The minimum absolute atomic E-state index is 0.0250. The highest BCUT2D eigenvalue weighted by molar-refractivity contribution is 6.10. The highest BCUT2D eigenvalue weighted by Crippen LogP contribution is 2.35. The first-order valence-electron chi connectivity index (χ1n) is 10.5. The van der Waals surface area contributed by atoms with Gasteiger partial charge in [-0.05, 0) is 40.2 Å². The zero-order chi connectivity index (χ0) is 22.6. The molecule has 2 aromatic heterocycles. The number of carbonyl (C=O) groups is 1. The van der Waals surface area contributed by atoms with E-state index in [2.05, 4.69) is 88.4 Å². The van der Waals surface area contributed by atoms with E-state index in [9.17, 15) is 9.90 Å². The number of aromatic hydroxyl groups is 1. The van der Waals surface area contributed by atoms with E-state index < -0.39 is 0 Å². The van der Waals surface area contributed by atoms with Gasteiger partial charge in [-0.2, -0.15) is 0 Å². The molecule has 1 amide bonds. The van der Waals surface area contributed by atoms with E-state index in [0.29, 0.717) is 0 Å². The van der Waals surface area contributed by atoms with Gasteiger partial charge >= 0.3 is 0 Å². The quantitative estimate of drug-likeness (QED) is 0.430. The van der Waals surface area contributed by atoms with Crippen LogP contribution in [0.1, 0.15) is 63.2 Å². The zero-order valence-electron chi connectivity index (χ0n) is 18.9. The summed E-state index contributed by atoms with van der Waals surface area (Å²) in [6.45, 7) is 13.0. The monoisotopic (exact) mass is 415 g/mol. The van der Waals surface area contributed by atoms with Crippen LogP contribution in [-0.4, -0.2) is 20.7 Å². The lowest BCUT2D eigenvalue weighted by atomic mass is 9.86. The predicted molar refractivity (Wildman–Crippen MR) is 126 cm³/mol. The average Bonchev–Trinajstić information content (AvgIpc) is 2.99. The first-order valence-corrected chi connectivity index (χ1v) is 10.5. The highest BCUT2D eigenvalue weighted by Gasteiger charge is 2.21. The van der Waals surface area contributed by atoms with Gasteiger partial charge in [0.15, 0.2) is 0 Å². The molecule has 0 atom stereocenters. The third-order valence-corrected chi connectivity index (χ3v) is 5.68. The van der Waals surface area contributed by atoms with Gasteiger partial charge in [0, 0.05) is 16.8 Å². The number of nitrogens with zero attached hydrogens (tertiary/aromatic N) is 2. The maximum atomic E-state index is 13.0. The number of fused-ring (bicyclic) bond motifs is 3. The number of pyridine rings is 1. The van der Waals surface area contributed by atoms with E-state index in [1.165, 1.54) is 17.2 Å². The fourth-order valence-electron chi connectivity index (χ4n) is 3.78. The van der Waals surface area contributed by atoms with Crippen molar-refractivity contribution in [3.8, 4) is 5.88 Å². The summed E-state index contributed by atoms with van der Waals surface area (Å²) >= 11 is 0. The van der Waals surface area contributed by atoms with Crippen LogP contribution in [0.5, 0.6) is 5.88 Å². The van der Waals surface area contributed by atoms with Crippen LogP contribution in [-0.2, 0) is 10.8 Å². The highest BCUT2D eigenvalue weighted by atomic mass is 16.3. The molecule has 0 radical (unpaired) electrons. The van der Waals surface area contributed by atoms with Crippen molar-refractivity contribution in [1.29, 1.82) is 0 Å². The first-order chi connectivity index (χ1) is 14.4. The Bertz CT molecular complexity index is 1230. The third kappa shape index (κ3) is 3.88. The van der Waals surface area contributed by atoms with Crippen molar-refractivity contribution in [2.75, 3.05) is 5.43 Å². The van der Waals surface area contributed by atoms with Crippen LogP contribution in [0.4, 0.5) is 0 Å². The number of amides is 1. The Morgan fingerprint density at radius 2 is 1.35 bits per heavy atom. The zero-order valence-corrected chi connectivity index (χ0v) is 18.9. The van der Waals surface area contributed by atoms with E-state index in [1.54, 1.807) is 12.1 Å². The number of aromatic nitrogens is 2. The summed E-state index contributed by atoms with van der Waals surface area (Å²) < 4.78 is 1.85. The molecule has 5 nitrogen and oxygen atoms in total. The minimum Gasteiger partial charge on any atom is -0.493 e. The van der Waals surface area contributed by atoms with Crippen LogP contribution in [0.25, 0.3) is 21.8 Å². The molecule has 0 fully saturated rings. The van der Waals surface area contributed by atoms with E-state index in [-0.39, 0.29) is 28.3 Å². The minimum atomic E-state index is -0.378. The fourth-order valence-corrected chi connectivity index (χ4v) is 3.78. The molecular weight excluding hydrogens is 386 g/mol. The van der Waals surface area contributed by atoms with E-state index in [4.69, 9.17) is 0 Å². The molecule has 2 heterocycles. The number of nitrogens with one attached hydrogen (secondary N) is 1.